The van der Waals surface area contributed by atoms with E-state index in [2.05, 4.69) is 0 Å². The van der Waals surface area contributed by atoms with E-state index in [-0.39, 0.29) is 17.4 Å². The quantitative estimate of drug-likeness (QED) is 0.382. The zero-order chi connectivity index (χ0) is 22.7. The van der Waals surface area contributed by atoms with Crippen LogP contribution in [0.3, 0.4) is 0 Å². The first-order valence-electron chi connectivity index (χ1n) is 11.2. The largest absolute Gasteiger partial charge is 0.507 e. The monoisotopic (exact) mass is 435 g/mol. The van der Waals surface area contributed by atoms with Crippen molar-refractivity contribution in [1.29, 1.82) is 0 Å². The molecular weight excluding hydrogens is 406 g/mol. The average molecular weight is 436 g/mol. The van der Waals surface area contributed by atoms with Crippen LogP contribution in [0.4, 0.5) is 0 Å². The zero-order valence-electron chi connectivity index (χ0n) is 18.5. The van der Waals surface area contributed by atoms with Gasteiger partial charge in [0, 0.05) is 11.6 Å². The Balaban J connectivity index is 1.80. The number of aliphatic hydroxyl groups excluding tert-OH is 1. The van der Waals surface area contributed by atoms with E-state index in [4.69, 9.17) is 9.47 Å². The molecule has 1 saturated carbocycles. The first kappa shape index (κ1) is 21.9. The van der Waals surface area contributed by atoms with Crippen LogP contribution < -0.4 is 9.47 Å². The minimum atomic E-state index is -0.649. The van der Waals surface area contributed by atoms with Crippen LogP contribution in [0, 0.1) is 0 Å². The van der Waals surface area contributed by atoms with E-state index in [9.17, 15) is 14.7 Å². The van der Waals surface area contributed by atoms with Crippen molar-refractivity contribution in [3.63, 3.8) is 0 Å². The fraction of sp³-hybridized carbons (Fsp3) is 0.385. The van der Waals surface area contributed by atoms with E-state index in [1.807, 2.05) is 31.2 Å². The highest BCUT2D eigenvalue weighted by molar-refractivity contribution is 6.46. The first-order chi connectivity index (χ1) is 15.5. The van der Waals surface area contributed by atoms with Crippen LogP contribution in [0.1, 0.15) is 56.2 Å². The van der Waals surface area contributed by atoms with E-state index >= 15 is 0 Å². The minimum Gasteiger partial charge on any atom is -0.507 e. The second-order valence-electron chi connectivity index (χ2n) is 8.29. The highest BCUT2D eigenvalue weighted by Crippen LogP contribution is 2.44. The number of hydrogen-bond donors (Lipinski definition) is 1. The molecule has 1 unspecified atom stereocenters. The molecule has 1 amide bonds. The summed E-state index contributed by atoms with van der Waals surface area (Å²) in [5.74, 6) is -0.0301. The molecular formula is C26H29NO5. The summed E-state index contributed by atoms with van der Waals surface area (Å²) in [6.45, 7) is 2.63. The molecule has 1 N–H and O–H groups in total. The van der Waals surface area contributed by atoms with E-state index in [1.165, 1.54) is 0 Å². The third-order valence-electron chi connectivity index (χ3n) is 6.21. The maximum Gasteiger partial charge on any atom is 0.295 e. The van der Waals surface area contributed by atoms with E-state index < -0.39 is 17.7 Å². The van der Waals surface area contributed by atoms with Gasteiger partial charge in [-0.15, -0.1) is 0 Å². The summed E-state index contributed by atoms with van der Waals surface area (Å²) >= 11 is 0. The number of benzene rings is 2. The Morgan fingerprint density at radius 3 is 2.44 bits per heavy atom. The van der Waals surface area contributed by atoms with Crippen molar-refractivity contribution in [2.24, 2.45) is 0 Å². The summed E-state index contributed by atoms with van der Waals surface area (Å²) in [4.78, 5) is 28.0. The average Bonchev–Trinajstić information content (AvgIpc) is 3.44. The molecule has 0 bridgehead atoms. The second kappa shape index (κ2) is 9.47. The van der Waals surface area contributed by atoms with Crippen molar-refractivity contribution in [2.75, 3.05) is 13.7 Å². The number of rotatable bonds is 7. The molecule has 0 radical (unpaired) electrons. The van der Waals surface area contributed by atoms with E-state index in [1.54, 1.807) is 36.3 Å². The Morgan fingerprint density at radius 2 is 1.78 bits per heavy atom. The van der Waals surface area contributed by atoms with Gasteiger partial charge in [0.05, 0.1) is 25.3 Å². The number of likely N-dealkylation sites (tertiary alicyclic amines) is 1. The molecule has 6 nitrogen and oxygen atoms in total. The number of carbonyl (C=O) groups excluding carboxylic acids is 2. The van der Waals surface area contributed by atoms with Crippen molar-refractivity contribution < 1.29 is 24.2 Å². The van der Waals surface area contributed by atoms with Crippen molar-refractivity contribution >= 4 is 17.4 Å². The van der Waals surface area contributed by atoms with Crippen molar-refractivity contribution in [1.82, 2.24) is 4.90 Å². The lowest BCUT2D eigenvalue weighted by Gasteiger charge is -2.31. The summed E-state index contributed by atoms with van der Waals surface area (Å²) < 4.78 is 11.0. The lowest BCUT2D eigenvalue weighted by atomic mass is 9.94. The zero-order valence-corrected chi connectivity index (χ0v) is 18.5. The molecule has 168 valence electrons. The number of ketones is 1. The van der Waals surface area contributed by atoms with Crippen LogP contribution >= 0.6 is 0 Å². The molecule has 6 heteroatoms. The summed E-state index contributed by atoms with van der Waals surface area (Å²) in [6, 6.07) is 13.6. The molecule has 0 spiro atoms. The van der Waals surface area contributed by atoms with Crippen LogP contribution in [-0.2, 0) is 9.59 Å². The summed E-state index contributed by atoms with van der Waals surface area (Å²) in [6.07, 6.45) is 4.66. The second-order valence-corrected chi connectivity index (χ2v) is 8.29. The van der Waals surface area contributed by atoms with Gasteiger partial charge in [-0.25, -0.2) is 0 Å². The summed E-state index contributed by atoms with van der Waals surface area (Å²) in [7, 11) is 1.58. The molecule has 1 saturated heterocycles. The van der Waals surface area contributed by atoms with E-state index in [0.29, 0.717) is 23.7 Å². The van der Waals surface area contributed by atoms with Crippen LogP contribution in [0.15, 0.2) is 54.1 Å². The van der Waals surface area contributed by atoms with Gasteiger partial charge in [-0.3, -0.25) is 9.59 Å². The fourth-order valence-corrected chi connectivity index (χ4v) is 4.63. The van der Waals surface area contributed by atoms with Gasteiger partial charge in [-0.1, -0.05) is 31.9 Å². The maximum absolute atomic E-state index is 13.2. The third kappa shape index (κ3) is 4.09. The number of methoxy groups -OCH3 is 1. The fourth-order valence-electron chi connectivity index (χ4n) is 4.63. The smallest absolute Gasteiger partial charge is 0.295 e. The predicted octanol–water partition coefficient (Wildman–Crippen LogP) is 4.85. The van der Waals surface area contributed by atoms with Gasteiger partial charge in [0.1, 0.15) is 17.3 Å². The Hall–Kier alpha value is -3.28. The maximum atomic E-state index is 13.2. The number of nitrogens with zero attached hydrogens (tertiary/aromatic N) is 1. The highest BCUT2D eigenvalue weighted by atomic mass is 16.5. The topological polar surface area (TPSA) is 76.1 Å². The highest BCUT2D eigenvalue weighted by Gasteiger charge is 2.49. The number of ether oxygens (including phenoxy) is 2. The standard InChI is InChI=1S/C26H29NO5/c1-3-15-32-20-13-11-17(12-14-20)24(28)22-23(18-7-6-10-21(16-18)31-2)27(26(30)25(22)29)19-8-4-5-9-19/h6-7,10-14,16,19,23,28H,3-5,8-9,15H2,1-2H3/b24-22-. The van der Waals surface area contributed by atoms with Gasteiger partial charge in [-0.05, 0) is 61.2 Å². The Labute approximate surface area is 188 Å². The molecule has 1 aliphatic heterocycles. The summed E-state index contributed by atoms with van der Waals surface area (Å²) in [5.41, 5.74) is 1.35. The molecule has 1 heterocycles. The Morgan fingerprint density at radius 1 is 1.06 bits per heavy atom. The van der Waals surface area contributed by atoms with Crippen molar-refractivity contribution in [3.05, 3.63) is 65.2 Å². The molecule has 2 aliphatic rings. The van der Waals surface area contributed by atoms with Crippen LogP contribution in [0.2, 0.25) is 0 Å². The first-order valence-corrected chi connectivity index (χ1v) is 11.2. The molecule has 0 aromatic heterocycles. The molecule has 2 fully saturated rings. The number of carbonyl (C=O) groups is 2. The van der Waals surface area contributed by atoms with Gasteiger partial charge in [0.25, 0.3) is 11.7 Å². The number of hydrogen-bond acceptors (Lipinski definition) is 5. The molecule has 2 aromatic carbocycles. The van der Waals surface area contributed by atoms with Crippen molar-refractivity contribution in [3.8, 4) is 11.5 Å². The van der Waals surface area contributed by atoms with Gasteiger partial charge in [-0.2, -0.15) is 0 Å². The third-order valence-corrected chi connectivity index (χ3v) is 6.21. The molecule has 32 heavy (non-hydrogen) atoms. The normalized spacial score (nSPS) is 20.7. The lowest BCUT2D eigenvalue weighted by molar-refractivity contribution is -0.141. The predicted molar refractivity (Wildman–Crippen MR) is 122 cm³/mol. The summed E-state index contributed by atoms with van der Waals surface area (Å²) in [5, 5.41) is 11.2. The number of amides is 1. The lowest BCUT2D eigenvalue weighted by Crippen LogP contribution is -2.37. The molecule has 1 atom stereocenters. The van der Waals surface area contributed by atoms with Gasteiger partial charge in [0.2, 0.25) is 0 Å². The van der Waals surface area contributed by atoms with Gasteiger partial charge >= 0.3 is 0 Å². The SMILES string of the molecule is CCCOc1ccc(/C(O)=C2/C(=O)C(=O)N(C3CCCC3)C2c2cccc(OC)c2)cc1. The molecule has 1 aliphatic carbocycles. The number of Topliss-reactive ketones (excluding diaryl/α,β-unsaturated/α-hetero) is 1. The number of aliphatic hydroxyl groups is 1. The van der Waals surface area contributed by atoms with E-state index in [0.717, 1.165) is 37.7 Å². The minimum absolute atomic E-state index is 0.0160. The van der Waals surface area contributed by atoms with Crippen molar-refractivity contribution in [2.45, 2.75) is 51.1 Å². The Bertz CT molecular complexity index is 1020. The van der Waals surface area contributed by atoms with Crippen LogP contribution in [0.25, 0.3) is 5.76 Å². The molecule has 4 rings (SSSR count). The van der Waals surface area contributed by atoms with Gasteiger partial charge < -0.3 is 19.5 Å². The Kier molecular flexibility index (Phi) is 6.49. The van der Waals surface area contributed by atoms with Crippen LogP contribution in [0.5, 0.6) is 11.5 Å². The van der Waals surface area contributed by atoms with Crippen LogP contribution in [-0.4, -0.2) is 41.5 Å². The van der Waals surface area contributed by atoms with Gasteiger partial charge in [0.15, 0.2) is 0 Å². The molecule has 2 aromatic rings.